The van der Waals surface area contributed by atoms with E-state index in [1.54, 1.807) is 0 Å². The minimum atomic E-state index is -1.97. The molecule has 0 aromatic heterocycles. The molecule has 63 heavy (non-hydrogen) atoms. The highest BCUT2D eigenvalue weighted by Crippen LogP contribution is 2.50. The first kappa shape index (κ1) is 37.7. The van der Waals surface area contributed by atoms with Crippen LogP contribution in [0, 0.1) is 6.92 Å². The van der Waals surface area contributed by atoms with Gasteiger partial charge in [-0.1, -0.05) is 178 Å². The van der Waals surface area contributed by atoms with Gasteiger partial charge in [0.15, 0.2) is 0 Å². The van der Waals surface area contributed by atoms with E-state index in [1.807, 2.05) is 0 Å². The SMILES string of the molecule is Cc1ccccc1-c1c2cc(N3c4ccccc4[Si](C)(C)c4ccccc43)ccc2c(-c2cccc3ccccc23)c2cc(N3c4ccccc4[Si](C)(C)c4ccccc43)ccc12. The number of anilines is 6. The maximum absolute atomic E-state index is 2.53. The van der Waals surface area contributed by atoms with Gasteiger partial charge in [-0.15, -0.1) is 0 Å². The quantitative estimate of drug-likeness (QED) is 0.129. The summed E-state index contributed by atoms with van der Waals surface area (Å²) in [6, 6.07) is 75.8. The first-order valence-electron chi connectivity index (χ1n) is 22.3. The number of benzene rings is 10. The van der Waals surface area contributed by atoms with E-state index >= 15 is 0 Å². The lowest BCUT2D eigenvalue weighted by Gasteiger charge is -2.41. The van der Waals surface area contributed by atoms with Crippen molar-refractivity contribution in [2.75, 3.05) is 9.80 Å². The Balaban J connectivity index is 1.21. The fraction of sp³-hybridized carbons (Fsp3) is 0.0847. The molecule has 2 aliphatic rings. The maximum atomic E-state index is 2.53. The van der Waals surface area contributed by atoms with Crippen LogP contribution in [0.4, 0.5) is 34.1 Å². The zero-order valence-electron chi connectivity index (χ0n) is 36.4. The predicted molar refractivity (Wildman–Crippen MR) is 277 cm³/mol. The molecule has 2 heterocycles. The molecular weight excluding hydrogens is 793 g/mol. The third-order valence-corrected chi connectivity index (χ3v) is 21.4. The fourth-order valence-corrected chi connectivity index (χ4v) is 17.2. The van der Waals surface area contributed by atoms with Gasteiger partial charge in [0.05, 0.1) is 0 Å². The molecule has 0 spiro atoms. The molecule has 0 bridgehead atoms. The molecule has 0 aliphatic carbocycles. The van der Waals surface area contributed by atoms with E-state index in [4.69, 9.17) is 0 Å². The van der Waals surface area contributed by atoms with Crippen molar-refractivity contribution in [3.8, 4) is 22.3 Å². The zero-order chi connectivity index (χ0) is 42.6. The van der Waals surface area contributed by atoms with Crippen molar-refractivity contribution in [3.63, 3.8) is 0 Å². The van der Waals surface area contributed by atoms with Crippen LogP contribution in [0.1, 0.15) is 5.56 Å². The molecule has 12 rings (SSSR count). The van der Waals surface area contributed by atoms with Crippen LogP contribution in [0.3, 0.4) is 0 Å². The van der Waals surface area contributed by atoms with E-state index in [0.717, 1.165) is 0 Å². The van der Waals surface area contributed by atoms with Gasteiger partial charge in [0, 0.05) is 34.1 Å². The zero-order valence-corrected chi connectivity index (χ0v) is 38.4. The van der Waals surface area contributed by atoms with E-state index in [9.17, 15) is 0 Å². The molecule has 2 nitrogen and oxygen atoms in total. The van der Waals surface area contributed by atoms with Crippen molar-refractivity contribution in [2.45, 2.75) is 33.1 Å². The normalized spacial score (nSPS) is 14.6. The van der Waals surface area contributed by atoms with Crippen LogP contribution in [0.5, 0.6) is 0 Å². The first-order chi connectivity index (χ1) is 30.7. The molecule has 0 fully saturated rings. The van der Waals surface area contributed by atoms with Gasteiger partial charge < -0.3 is 9.80 Å². The minimum absolute atomic E-state index is 1.17. The average molecular weight is 841 g/mol. The molecule has 0 saturated heterocycles. The van der Waals surface area contributed by atoms with Crippen LogP contribution in [-0.4, -0.2) is 16.1 Å². The molecule has 0 unspecified atom stereocenters. The van der Waals surface area contributed by atoms with Crippen LogP contribution < -0.4 is 30.5 Å². The lowest BCUT2D eigenvalue weighted by atomic mass is 9.83. The fourth-order valence-electron chi connectivity index (χ4n) is 11.3. The van der Waals surface area contributed by atoms with Crippen molar-refractivity contribution >= 4 is 103 Å². The number of nitrogens with zero attached hydrogens (tertiary/aromatic N) is 2. The molecule has 0 radical (unpaired) electrons. The predicted octanol–water partition coefficient (Wildman–Crippen LogP) is 14.0. The number of aryl methyl sites for hydroxylation is 1. The van der Waals surface area contributed by atoms with E-state index in [0.29, 0.717) is 0 Å². The Morgan fingerprint density at radius 1 is 0.317 bits per heavy atom. The average Bonchev–Trinajstić information content (AvgIpc) is 3.31. The summed E-state index contributed by atoms with van der Waals surface area (Å²) in [5, 5.41) is 13.4. The minimum Gasteiger partial charge on any atom is -0.311 e. The molecule has 10 aromatic rings. The van der Waals surface area contributed by atoms with Gasteiger partial charge in [-0.2, -0.15) is 0 Å². The third kappa shape index (κ3) is 5.54. The molecule has 4 heteroatoms. The molecule has 10 aromatic carbocycles. The van der Waals surface area contributed by atoms with Gasteiger partial charge in [0.1, 0.15) is 16.1 Å². The van der Waals surface area contributed by atoms with Gasteiger partial charge in [0.25, 0.3) is 0 Å². The summed E-state index contributed by atoms with van der Waals surface area (Å²) < 4.78 is 0. The number of rotatable bonds is 4. The van der Waals surface area contributed by atoms with E-state index in [2.05, 4.69) is 243 Å². The molecule has 0 saturated carbocycles. The summed E-state index contributed by atoms with van der Waals surface area (Å²) in [4.78, 5) is 5.07. The van der Waals surface area contributed by atoms with Crippen LogP contribution in [0.25, 0.3) is 54.6 Å². The Morgan fingerprint density at radius 2 is 0.698 bits per heavy atom. The Hall–Kier alpha value is -6.99. The highest BCUT2D eigenvalue weighted by Gasteiger charge is 2.40. The van der Waals surface area contributed by atoms with Crippen molar-refractivity contribution < 1.29 is 0 Å². The van der Waals surface area contributed by atoms with Crippen molar-refractivity contribution in [1.82, 2.24) is 0 Å². The smallest absolute Gasteiger partial charge is 0.117 e. The topological polar surface area (TPSA) is 6.48 Å². The molecule has 0 N–H and O–H groups in total. The van der Waals surface area contributed by atoms with Crippen LogP contribution in [-0.2, 0) is 0 Å². The summed E-state index contributed by atoms with van der Waals surface area (Å²) >= 11 is 0. The first-order valence-corrected chi connectivity index (χ1v) is 28.3. The molecule has 2 aliphatic heterocycles. The van der Waals surface area contributed by atoms with Crippen LogP contribution >= 0.6 is 0 Å². The van der Waals surface area contributed by atoms with E-state index < -0.39 is 16.1 Å². The number of hydrogen-bond acceptors (Lipinski definition) is 2. The van der Waals surface area contributed by atoms with E-state index in [-0.39, 0.29) is 0 Å². The second kappa shape index (κ2) is 14.0. The summed E-state index contributed by atoms with van der Waals surface area (Å²) in [5.74, 6) is 0. The Kier molecular flexibility index (Phi) is 8.40. The number of hydrogen-bond donors (Lipinski definition) is 0. The molecule has 302 valence electrons. The van der Waals surface area contributed by atoms with E-state index in [1.165, 1.54) is 115 Å². The second-order valence-electron chi connectivity index (χ2n) is 18.5. The summed E-state index contributed by atoms with van der Waals surface area (Å²) in [6.45, 7) is 12.3. The van der Waals surface area contributed by atoms with Crippen molar-refractivity contribution in [1.29, 1.82) is 0 Å². The second-order valence-corrected chi connectivity index (χ2v) is 27.2. The monoisotopic (exact) mass is 840 g/mol. The third-order valence-electron chi connectivity index (χ3n) is 14.3. The van der Waals surface area contributed by atoms with Gasteiger partial charge in [-0.05, 0) is 136 Å². The number of fused-ring (bicyclic) bond motifs is 7. The van der Waals surface area contributed by atoms with Crippen molar-refractivity contribution in [3.05, 3.63) is 206 Å². The summed E-state index contributed by atoms with van der Waals surface area (Å²) in [6.07, 6.45) is 0. The van der Waals surface area contributed by atoms with Crippen LogP contribution in [0.2, 0.25) is 26.2 Å². The van der Waals surface area contributed by atoms with Gasteiger partial charge in [-0.3, -0.25) is 0 Å². The number of para-hydroxylation sites is 4. The Morgan fingerprint density at radius 3 is 1.19 bits per heavy atom. The standard InChI is InChI=1S/C59H48N2Si2/c1-39-19-6-8-22-43(39)58-46-35-33-42(61-52-27-12-16-31-56(52)63(4,5)57-32-17-13-28-53(57)61)38-49(46)59(45-24-18-21-40-20-7-9-23-44(40)45)47-36-34-41(37-48(47)58)60-50-25-10-14-29-54(50)62(2,3)55-30-15-11-26-51(55)60/h6-38H,1-5H3. The van der Waals surface area contributed by atoms with Gasteiger partial charge in [0.2, 0.25) is 0 Å². The largest absolute Gasteiger partial charge is 0.311 e. The highest BCUT2D eigenvalue weighted by atomic mass is 28.3. The Bertz CT molecular complexity index is 3410. The molecule has 0 atom stereocenters. The van der Waals surface area contributed by atoms with Gasteiger partial charge in [-0.25, -0.2) is 0 Å². The summed E-state index contributed by atoms with van der Waals surface area (Å²) in [7, 11) is -3.93. The highest BCUT2D eigenvalue weighted by molar-refractivity contribution is 7.03. The van der Waals surface area contributed by atoms with Crippen molar-refractivity contribution in [2.24, 2.45) is 0 Å². The summed E-state index contributed by atoms with van der Waals surface area (Å²) in [5.41, 5.74) is 13.8. The Labute approximate surface area is 372 Å². The maximum Gasteiger partial charge on any atom is 0.117 e. The lowest BCUT2D eigenvalue weighted by molar-refractivity contribution is 1.29. The molecular formula is C59H48N2Si2. The molecule has 0 amide bonds. The lowest BCUT2D eigenvalue weighted by Crippen LogP contribution is -2.58. The van der Waals surface area contributed by atoms with Crippen LogP contribution in [0.15, 0.2) is 200 Å². The van der Waals surface area contributed by atoms with Gasteiger partial charge >= 0.3 is 0 Å².